The topological polar surface area (TPSA) is 65.1 Å². The van der Waals surface area contributed by atoms with Gasteiger partial charge in [-0.3, -0.25) is 4.79 Å². The van der Waals surface area contributed by atoms with E-state index in [9.17, 15) is 22.8 Å². The fraction of sp³-hybridized carbons (Fsp3) is 0.417. The molecule has 1 fully saturated rings. The number of esters is 1. The number of nitrogens with zero attached hydrogens (tertiary/aromatic N) is 1. The van der Waals surface area contributed by atoms with Gasteiger partial charge in [0.1, 0.15) is 12.4 Å². The van der Waals surface area contributed by atoms with Gasteiger partial charge in [0.15, 0.2) is 0 Å². The SMILES string of the molecule is COC(=O)c1ccc2c(c1)OCCN(C(=O)C1CCOCC1)C2.FC(F)(F)c1ccccc1. The second-order valence-corrected chi connectivity index (χ2v) is 7.67. The lowest BCUT2D eigenvalue weighted by Gasteiger charge is -2.28. The molecule has 0 aromatic heterocycles. The monoisotopic (exact) mass is 465 g/mol. The maximum absolute atomic E-state index is 12.7. The average Bonchev–Trinajstić information content (AvgIpc) is 3.06. The van der Waals surface area contributed by atoms with E-state index in [4.69, 9.17) is 14.2 Å². The van der Waals surface area contributed by atoms with E-state index in [2.05, 4.69) is 0 Å². The van der Waals surface area contributed by atoms with Crippen LogP contribution in [0, 0.1) is 5.92 Å². The fourth-order valence-corrected chi connectivity index (χ4v) is 3.63. The van der Waals surface area contributed by atoms with Crippen LogP contribution in [0.3, 0.4) is 0 Å². The highest BCUT2D eigenvalue weighted by atomic mass is 19.4. The predicted molar refractivity (Wildman–Crippen MR) is 114 cm³/mol. The number of fused-ring (bicyclic) bond motifs is 1. The highest BCUT2D eigenvalue weighted by Gasteiger charge is 2.30. The zero-order chi connectivity index (χ0) is 23.8. The molecule has 1 saturated heterocycles. The molecule has 4 rings (SSSR count). The zero-order valence-corrected chi connectivity index (χ0v) is 18.3. The number of rotatable bonds is 2. The molecule has 0 spiro atoms. The first-order chi connectivity index (χ1) is 15.8. The first-order valence-corrected chi connectivity index (χ1v) is 10.6. The predicted octanol–water partition coefficient (Wildman–Crippen LogP) is 4.33. The summed E-state index contributed by atoms with van der Waals surface area (Å²) in [4.78, 5) is 26.1. The molecule has 0 radical (unpaired) electrons. The van der Waals surface area contributed by atoms with E-state index >= 15 is 0 Å². The Morgan fingerprint density at radius 1 is 1.03 bits per heavy atom. The molecular weight excluding hydrogens is 439 g/mol. The van der Waals surface area contributed by atoms with Gasteiger partial charge in [-0.2, -0.15) is 13.2 Å². The van der Waals surface area contributed by atoms with Gasteiger partial charge in [0.25, 0.3) is 0 Å². The molecule has 0 N–H and O–H groups in total. The maximum Gasteiger partial charge on any atom is 0.416 e. The smallest absolute Gasteiger partial charge is 0.416 e. The highest BCUT2D eigenvalue weighted by molar-refractivity contribution is 5.90. The number of benzene rings is 2. The third-order valence-electron chi connectivity index (χ3n) is 5.45. The molecular formula is C24H26F3NO5. The van der Waals surface area contributed by atoms with Crippen LogP contribution in [0.15, 0.2) is 48.5 Å². The van der Waals surface area contributed by atoms with E-state index in [1.54, 1.807) is 18.2 Å². The lowest BCUT2D eigenvalue weighted by atomic mass is 9.98. The van der Waals surface area contributed by atoms with Crippen LogP contribution in [0.4, 0.5) is 13.2 Å². The highest BCUT2D eigenvalue weighted by Crippen LogP contribution is 2.28. The molecule has 0 saturated carbocycles. The summed E-state index contributed by atoms with van der Waals surface area (Å²) >= 11 is 0. The van der Waals surface area contributed by atoms with E-state index in [0.717, 1.165) is 30.5 Å². The van der Waals surface area contributed by atoms with Gasteiger partial charge in [0.05, 0.1) is 24.8 Å². The Kier molecular flexibility index (Phi) is 8.32. The average molecular weight is 465 g/mol. The van der Waals surface area contributed by atoms with Crippen molar-refractivity contribution in [2.24, 2.45) is 5.92 Å². The lowest BCUT2D eigenvalue weighted by Crippen LogP contribution is -2.39. The van der Waals surface area contributed by atoms with Gasteiger partial charge in [-0.15, -0.1) is 0 Å². The van der Waals surface area contributed by atoms with E-state index in [1.807, 2.05) is 11.0 Å². The van der Waals surface area contributed by atoms with Crippen LogP contribution >= 0.6 is 0 Å². The summed E-state index contributed by atoms with van der Waals surface area (Å²) in [6, 6.07) is 11.6. The first kappa shape index (κ1) is 24.6. The van der Waals surface area contributed by atoms with Crippen molar-refractivity contribution in [1.29, 1.82) is 0 Å². The molecule has 0 bridgehead atoms. The van der Waals surface area contributed by atoms with Crippen molar-refractivity contribution in [2.75, 3.05) is 33.5 Å². The minimum Gasteiger partial charge on any atom is -0.491 e. The van der Waals surface area contributed by atoms with Crippen LogP contribution < -0.4 is 4.74 Å². The number of carbonyl (C=O) groups is 2. The normalized spacial score (nSPS) is 16.4. The second-order valence-electron chi connectivity index (χ2n) is 7.67. The molecule has 178 valence electrons. The van der Waals surface area contributed by atoms with Crippen LogP contribution in [-0.2, 0) is 27.0 Å². The van der Waals surface area contributed by atoms with E-state index in [0.29, 0.717) is 44.2 Å². The Balaban J connectivity index is 0.000000257. The summed E-state index contributed by atoms with van der Waals surface area (Å²) < 4.78 is 51.1. The Labute approximate surface area is 190 Å². The molecule has 0 atom stereocenters. The summed E-state index contributed by atoms with van der Waals surface area (Å²) in [5.74, 6) is 0.465. The van der Waals surface area contributed by atoms with E-state index < -0.39 is 17.7 Å². The number of hydrogen-bond donors (Lipinski definition) is 0. The van der Waals surface area contributed by atoms with Crippen molar-refractivity contribution in [1.82, 2.24) is 4.90 Å². The van der Waals surface area contributed by atoms with Crippen molar-refractivity contribution in [3.63, 3.8) is 0 Å². The van der Waals surface area contributed by atoms with Crippen LogP contribution in [0.2, 0.25) is 0 Å². The molecule has 2 aliphatic rings. The number of halogens is 3. The van der Waals surface area contributed by atoms with Crippen molar-refractivity contribution in [3.05, 3.63) is 65.2 Å². The van der Waals surface area contributed by atoms with Gasteiger partial charge >= 0.3 is 12.1 Å². The molecule has 2 aromatic rings. The quantitative estimate of drug-likeness (QED) is 0.618. The molecule has 2 aliphatic heterocycles. The standard InChI is InChI=1S/C17H21NO5.C7H5F3/c1-21-17(20)13-2-3-14-11-18(6-9-23-15(14)10-13)16(19)12-4-7-22-8-5-12;8-7(9,10)6-4-2-1-3-5-6/h2-3,10,12H,4-9,11H2,1H3;1-5H. The largest absolute Gasteiger partial charge is 0.491 e. The van der Waals surface area contributed by atoms with Gasteiger partial charge in [-0.1, -0.05) is 36.4 Å². The number of methoxy groups -OCH3 is 1. The van der Waals surface area contributed by atoms with Gasteiger partial charge in [0, 0.05) is 31.2 Å². The van der Waals surface area contributed by atoms with Gasteiger partial charge in [0.2, 0.25) is 5.91 Å². The molecule has 2 aromatic carbocycles. The molecule has 0 aliphatic carbocycles. The van der Waals surface area contributed by atoms with Gasteiger partial charge in [-0.25, -0.2) is 4.79 Å². The van der Waals surface area contributed by atoms with Crippen LogP contribution in [-0.4, -0.2) is 50.3 Å². The number of alkyl halides is 3. The third-order valence-corrected chi connectivity index (χ3v) is 5.45. The summed E-state index contributed by atoms with van der Waals surface area (Å²) in [6.45, 7) is 2.79. The van der Waals surface area contributed by atoms with E-state index in [1.165, 1.54) is 19.2 Å². The zero-order valence-electron chi connectivity index (χ0n) is 18.3. The minimum atomic E-state index is -4.21. The van der Waals surface area contributed by atoms with Gasteiger partial charge in [-0.05, 0) is 25.0 Å². The fourth-order valence-electron chi connectivity index (χ4n) is 3.63. The summed E-state index contributed by atoms with van der Waals surface area (Å²) in [5, 5.41) is 0. The molecule has 9 heteroatoms. The molecule has 0 unspecified atom stereocenters. The number of amides is 1. The Morgan fingerprint density at radius 2 is 1.73 bits per heavy atom. The van der Waals surface area contributed by atoms with Gasteiger partial charge < -0.3 is 19.1 Å². The summed E-state index contributed by atoms with van der Waals surface area (Å²) in [6.07, 6.45) is -2.64. The molecule has 2 heterocycles. The third kappa shape index (κ3) is 6.71. The molecule has 1 amide bonds. The van der Waals surface area contributed by atoms with Crippen LogP contribution in [0.5, 0.6) is 5.75 Å². The Hall–Kier alpha value is -3.07. The first-order valence-electron chi connectivity index (χ1n) is 10.6. The summed E-state index contributed by atoms with van der Waals surface area (Å²) in [5.41, 5.74) is 0.765. The van der Waals surface area contributed by atoms with Crippen molar-refractivity contribution in [2.45, 2.75) is 25.6 Å². The Bertz CT molecular complexity index is 943. The van der Waals surface area contributed by atoms with E-state index in [-0.39, 0.29) is 11.8 Å². The Morgan fingerprint density at radius 3 is 2.33 bits per heavy atom. The van der Waals surface area contributed by atoms with Crippen molar-refractivity contribution < 1.29 is 37.0 Å². The lowest BCUT2D eigenvalue weighted by molar-refractivity contribution is -0.139. The van der Waals surface area contributed by atoms with Crippen LogP contribution in [0.25, 0.3) is 0 Å². The maximum atomic E-state index is 12.7. The second kappa shape index (κ2) is 11.2. The minimum absolute atomic E-state index is 0.0413. The van der Waals surface area contributed by atoms with Crippen molar-refractivity contribution >= 4 is 11.9 Å². The number of hydrogen-bond acceptors (Lipinski definition) is 5. The number of carbonyl (C=O) groups excluding carboxylic acids is 2. The van der Waals surface area contributed by atoms with Crippen molar-refractivity contribution in [3.8, 4) is 5.75 Å². The molecule has 33 heavy (non-hydrogen) atoms. The number of ether oxygens (including phenoxy) is 3. The van der Waals surface area contributed by atoms with Crippen LogP contribution in [0.1, 0.15) is 34.3 Å². The summed E-state index contributed by atoms with van der Waals surface area (Å²) in [7, 11) is 1.35. The molecule has 6 nitrogen and oxygen atoms in total.